The van der Waals surface area contributed by atoms with Gasteiger partial charge in [0.25, 0.3) is 0 Å². The summed E-state index contributed by atoms with van der Waals surface area (Å²) in [5, 5.41) is 17.3. The number of allylic oxidation sites excluding steroid dienone is 1. The van der Waals surface area contributed by atoms with Crippen LogP contribution in [0, 0.1) is 0 Å². The standard InChI is InChI=1S/C14H24O4/c1-2-3-4-5-6-7-8-9-10-12(14(17)18)11-13(15)16/h10H,2-9,11H2,1H3,(H,15,16)(H,17,18)/b12-10+. The molecule has 0 rings (SSSR count). The van der Waals surface area contributed by atoms with Crippen LogP contribution in [0.4, 0.5) is 0 Å². The van der Waals surface area contributed by atoms with Gasteiger partial charge in [-0.3, -0.25) is 4.79 Å². The molecule has 0 aromatic rings. The zero-order valence-corrected chi connectivity index (χ0v) is 11.2. The van der Waals surface area contributed by atoms with Crippen LogP contribution in [-0.2, 0) is 9.59 Å². The molecule has 0 heterocycles. The van der Waals surface area contributed by atoms with Crippen LogP contribution < -0.4 is 0 Å². The van der Waals surface area contributed by atoms with Gasteiger partial charge < -0.3 is 10.2 Å². The summed E-state index contributed by atoms with van der Waals surface area (Å²) in [4.78, 5) is 21.2. The van der Waals surface area contributed by atoms with Crippen molar-refractivity contribution in [1.29, 1.82) is 0 Å². The summed E-state index contributed by atoms with van der Waals surface area (Å²) in [6, 6.07) is 0. The summed E-state index contributed by atoms with van der Waals surface area (Å²) < 4.78 is 0. The average molecular weight is 256 g/mol. The van der Waals surface area contributed by atoms with Crippen molar-refractivity contribution in [2.45, 2.75) is 64.7 Å². The summed E-state index contributed by atoms with van der Waals surface area (Å²) in [6.07, 6.45) is 10.0. The van der Waals surface area contributed by atoms with Crippen molar-refractivity contribution >= 4 is 11.9 Å². The number of unbranched alkanes of at least 4 members (excludes halogenated alkanes) is 7. The Hall–Kier alpha value is -1.32. The molecule has 0 radical (unpaired) electrons. The van der Waals surface area contributed by atoms with E-state index in [0.717, 1.165) is 12.8 Å². The molecule has 0 unspecified atom stereocenters. The Morgan fingerprint density at radius 2 is 1.50 bits per heavy atom. The molecule has 2 N–H and O–H groups in total. The third-order valence-corrected chi connectivity index (χ3v) is 2.81. The number of carbonyl (C=O) groups is 2. The average Bonchev–Trinajstić information content (AvgIpc) is 2.30. The minimum absolute atomic E-state index is 0.00603. The summed E-state index contributed by atoms with van der Waals surface area (Å²) in [6.45, 7) is 2.18. The number of hydrogen-bond acceptors (Lipinski definition) is 2. The van der Waals surface area contributed by atoms with Crippen LogP contribution in [-0.4, -0.2) is 22.2 Å². The van der Waals surface area contributed by atoms with Crippen molar-refractivity contribution in [2.75, 3.05) is 0 Å². The maximum Gasteiger partial charge on any atom is 0.331 e. The van der Waals surface area contributed by atoms with E-state index in [9.17, 15) is 9.59 Å². The minimum Gasteiger partial charge on any atom is -0.481 e. The van der Waals surface area contributed by atoms with Gasteiger partial charge in [-0.1, -0.05) is 51.5 Å². The molecule has 0 aromatic heterocycles. The van der Waals surface area contributed by atoms with Crippen LogP contribution in [0.1, 0.15) is 64.7 Å². The van der Waals surface area contributed by atoms with E-state index in [4.69, 9.17) is 10.2 Å². The first-order valence-electron chi connectivity index (χ1n) is 6.72. The van der Waals surface area contributed by atoms with E-state index in [1.54, 1.807) is 6.08 Å². The van der Waals surface area contributed by atoms with Crippen molar-refractivity contribution in [3.63, 3.8) is 0 Å². The quantitative estimate of drug-likeness (QED) is 0.437. The van der Waals surface area contributed by atoms with E-state index in [-0.39, 0.29) is 5.57 Å². The molecule has 0 aromatic carbocycles. The van der Waals surface area contributed by atoms with E-state index in [1.807, 2.05) is 0 Å². The number of hydrogen-bond donors (Lipinski definition) is 2. The maximum atomic E-state index is 10.7. The maximum absolute atomic E-state index is 10.7. The predicted molar refractivity (Wildman–Crippen MR) is 70.6 cm³/mol. The van der Waals surface area contributed by atoms with E-state index in [1.165, 1.54) is 32.1 Å². The molecule has 4 heteroatoms. The number of carboxylic acids is 2. The molecule has 0 saturated carbocycles. The molecule has 0 spiro atoms. The summed E-state index contributed by atoms with van der Waals surface area (Å²) in [5.41, 5.74) is -0.00603. The molecule has 4 nitrogen and oxygen atoms in total. The van der Waals surface area contributed by atoms with Gasteiger partial charge in [-0.2, -0.15) is 0 Å². The van der Waals surface area contributed by atoms with E-state index >= 15 is 0 Å². The lowest BCUT2D eigenvalue weighted by Gasteiger charge is -2.01. The molecule has 0 atom stereocenters. The first-order chi connectivity index (χ1) is 8.57. The topological polar surface area (TPSA) is 74.6 Å². The minimum atomic E-state index is -1.12. The van der Waals surface area contributed by atoms with Crippen LogP contribution in [0.15, 0.2) is 11.6 Å². The normalized spacial score (nSPS) is 11.5. The SMILES string of the molecule is CCCCCCCCC/C=C(\CC(=O)O)C(=O)O. The first kappa shape index (κ1) is 16.7. The smallest absolute Gasteiger partial charge is 0.331 e. The van der Waals surface area contributed by atoms with E-state index in [2.05, 4.69) is 6.92 Å². The number of aliphatic carboxylic acids is 2. The largest absolute Gasteiger partial charge is 0.481 e. The highest BCUT2D eigenvalue weighted by Crippen LogP contribution is 2.11. The molecule has 0 aliphatic heterocycles. The number of carboxylic acid groups (broad SMARTS) is 2. The Labute approximate surface area is 109 Å². The van der Waals surface area contributed by atoms with E-state index in [0.29, 0.717) is 6.42 Å². The van der Waals surface area contributed by atoms with Crippen molar-refractivity contribution < 1.29 is 19.8 Å². The molecule has 0 bridgehead atoms. The fourth-order valence-corrected chi connectivity index (χ4v) is 1.78. The van der Waals surface area contributed by atoms with Gasteiger partial charge >= 0.3 is 11.9 Å². The van der Waals surface area contributed by atoms with Crippen LogP contribution in [0.2, 0.25) is 0 Å². The van der Waals surface area contributed by atoms with Gasteiger partial charge in [-0.05, 0) is 12.8 Å². The molecular weight excluding hydrogens is 232 g/mol. The fraction of sp³-hybridized carbons (Fsp3) is 0.714. The Morgan fingerprint density at radius 3 is 2.00 bits per heavy atom. The van der Waals surface area contributed by atoms with Gasteiger partial charge in [0.1, 0.15) is 0 Å². The lowest BCUT2D eigenvalue weighted by atomic mass is 10.1. The van der Waals surface area contributed by atoms with Crippen LogP contribution >= 0.6 is 0 Å². The van der Waals surface area contributed by atoms with Crippen LogP contribution in [0.25, 0.3) is 0 Å². The molecule has 18 heavy (non-hydrogen) atoms. The van der Waals surface area contributed by atoms with Crippen molar-refractivity contribution in [3.8, 4) is 0 Å². The van der Waals surface area contributed by atoms with Gasteiger partial charge in [-0.25, -0.2) is 4.79 Å². The van der Waals surface area contributed by atoms with Gasteiger partial charge in [0.15, 0.2) is 0 Å². The number of rotatable bonds is 11. The van der Waals surface area contributed by atoms with Crippen molar-refractivity contribution in [1.82, 2.24) is 0 Å². The zero-order valence-electron chi connectivity index (χ0n) is 11.2. The van der Waals surface area contributed by atoms with Crippen molar-refractivity contribution in [2.24, 2.45) is 0 Å². The second-order valence-corrected chi connectivity index (χ2v) is 4.52. The molecule has 0 aliphatic rings. The van der Waals surface area contributed by atoms with Gasteiger partial charge in [0, 0.05) is 5.57 Å². The molecule has 0 fully saturated rings. The molecule has 0 saturated heterocycles. The lowest BCUT2D eigenvalue weighted by Crippen LogP contribution is -2.06. The Kier molecular flexibility index (Phi) is 10.0. The third kappa shape index (κ3) is 9.87. The highest BCUT2D eigenvalue weighted by molar-refractivity contribution is 5.91. The van der Waals surface area contributed by atoms with Crippen molar-refractivity contribution in [3.05, 3.63) is 11.6 Å². The fourth-order valence-electron chi connectivity index (χ4n) is 1.78. The monoisotopic (exact) mass is 256 g/mol. The highest BCUT2D eigenvalue weighted by Gasteiger charge is 2.10. The van der Waals surface area contributed by atoms with Gasteiger partial charge in [0.05, 0.1) is 6.42 Å². The summed E-state index contributed by atoms with van der Waals surface area (Å²) >= 11 is 0. The van der Waals surface area contributed by atoms with Crippen LogP contribution in [0.3, 0.4) is 0 Å². The van der Waals surface area contributed by atoms with E-state index < -0.39 is 18.4 Å². The molecular formula is C14H24O4. The molecule has 0 aliphatic carbocycles. The second-order valence-electron chi connectivity index (χ2n) is 4.52. The Bertz CT molecular complexity index is 282. The third-order valence-electron chi connectivity index (χ3n) is 2.81. The Morgan fingerprint density at radius 1 is 0.944 bits per heavy atom. The van der Waals surface area contributed by atoms with Crippen LogP contribution in [0.5, 0.6) is 0 Å². The van der Waals surface area contributed by atoms with Gasteiger partial charge in [-0.15, -0.1) is 0 Å². The highest BCUT2D eigenvalue weighted by atomic mass is 16.4. The first-order valence-corrected chi connectivity index (χ1v) is 6.72. The summed E-state index contributed by atoms with van der Waals surface area (Å²) in [5.74, 6) is -2.22. The Balaban J connectivity index is 3.70. The lowest BCUT2D eigenvalue weighted by molar-refractivity contribution is -0.139. The zero-order chi connectivity index (χ0) is 13.8. The predicted octanol–water partition coefficient (Wildman–Crippen LogP) is 3.61. The molecule has 104 valence electrons. The van der Waals surface area contributed by atoms with Gasteiger partial charge in [0.2, 0.25) is 0 Å². The second kappa shape index (κ2) is 10.8. The molecule has 0 amide bonds. The summed E-state index contributed by atoms with van der Waals surface area (Å²) in [7, 11) is 0.